The van der Waals surface area contributed by atoms with Crippen LogP contribution in [0.2, 0.25) is 0 Å². The Hall–Kier alpha value is -2.80. The fourth-order valence-corrected chi connectivity index (χ4v) is 2.81. The van der Waals surface area contributed by atoms with Crippen LogP contribution in [0.1, 0.15) is 31.4 Å². The summed E-state index contributed by atoms with van der Waals surface area (Å²) in [5.41, 5.74) is 1.83. The van der Waals surface area contributed by atoms with Crippen LogP contribution < -0.4 is 0 Å². The standard InChI is InChI=1S/C15H11N3O3S/c19-9-13-14(8-12-2-1-7-22-12)18(17-16-13)11-5-3-10(4-6-11)15(20)21/h1-7,9H,8H2,(H,20,21). The van der Waals surface area contributed by atoms with Gasteiger partial charge in [0.05, 0.1) is 16.9 Å². The van der Waals surface area contributed by atoms with Gasteiger partial charge < -0.3 is 5.11 Å². The number of hydrogen-bond donors (Lipinski definition) is 1. The van der Waals surface area contributed by atoms with E-state index >= 15 is 0 Å². The first-order valence-corrected chi connectivity index (χ1v) is 7.33. The van der Waals surface area contributed by atoms with Crippen LogP contribution in [0.15, 0.2) is 41.8 Å². The summed E-state index contributed by atoms with van der Waals surface area (Å²) in [7, 11) is 0. The zero-order valence-corrected chi connectivity index (χ0v) is 12.2. The molecule has 0 bridgehead atoms. The van der Waals surface area contributed by atoms with Crippen molar-refractivity contribution in [2.75, 3.05) is 0 Å². The molecule has 0 atom stereocenters. The van der Waals surface area contributed by atoms with Crippen molar-refractivity contribution in [1.29, 1.82) is 0 Å². The van der Waals surface area contributed by atoms with Crippen LogP contribution in [0.25, 0.3) is 5.69 Å². The van der Waals surface area contributed by atoms with E-state index in [1.54, 1.807) is 28.2 Å². The quantitative estimate of drug-likeness (QED) is 0.731. The molecule has 0 unspecified atom stereocenters. The van der Waals surface area contributed by atoms with E-state index in [0.717, 1.165) is 4.88 Å². The van der Waals surface area contributed by atoms with Crippen LogP contribution in [0, 0.1) is 0 Å². The molecule has 0 saturated heterocycles. The molecule has 0 spiro atoms. The Kier molecular flexibility index (Phi) is 3.80. The van der Waals surface area contributed by atoms with Crippen molar-refractivity contribution >= 4 is 23.6 Å². The van der Waals surface area contributed by atoms with Crippen LogP contribution in [0.4, 0.5) is 0 Å². The fourth-order valence-electron chi connectivity index (χ4n) is 2.10. The van der Waals surface area contributed by atoms with Gasteiger partial charge in [-0.15, -0.1) is 16.4 Å². The first-order chi connectivity index (χ1) is 10.7. The van der Waals surface area contributed by atoms with E-state index in [9.17, 15) is 9.59 Å². The monoisotopic (exact) mass is 313 g/mol. The van der Waals surface area contributed by atoms with E-state index in [4.69, 9.17) is 5.11 Å². The van der Waals surface area contributed by atoms with Crippen LogP contribution in [0.5, 0.6) is 0 Å². The number of aromatic nitrogens is 3. The number of aromatic carboxylic acids is 1. The summed E-state index contributed by atoms with van der Waals surface area (Å²) >= 11 is 1.59. The molecule has 1 N–H and O–H groups in total. The number of carbonyl (C=O) groups excluding carboxylic acids is 1. The molecular formula is C15H11N3O3S. The summed E-state index contributed by atoms with van der Waals surface area (Å²) in [4.78, 5) is 23.1. The third-order valence-corrected chi connectivity index (χ3v) is 4.06. The molecule has 0 aliphatic heterocycles. The number of rotatable bonds is 5. The van der Waals surface area contributed by atoms with Crippen LogP contribution in [-0.4, -0.2) is 32.4 Å². The van der Waals surface area contributed by atoms with Gasteiger partial charge in [0, 0.05) is 11.3 Å². The summed E-state index contributed by atoms with van der Waals surface area (Å²) in [5, 5.41) is 18.8. The van der Waals surface area contributed by atoms with Crippen molar-refractivity contribution in [1.82, 2.24) is 15.0 Å². The number of aldehydes is 1. The maximum atomic E-state index is 11.2. The minimum atomic E-state index is -0.988. The van der Waals surface area contributed by atoms with Crippen LogP contribution in [-0.2, 0) is 6.42 Å². The molecule has 0 aliphatic rings. The number of thiophene rings is 1. The summed E-state index contributed by atoms with van der Waals surface area (Å²) in [5.74, 6) is -0.988. The van der Waals surface area contributed by atoms with Crippen molar-refractivity contribution in [3.8, 4) is 5.69 Å². The lowest BCUT2D eigenvalue weighted by Crippen LogP contribution is -2.05. The normalized spacial score (nSPS) is 10.5. The van der Waals surface area contributed by atoms with E-state index in [-0.39, 0.29) is 11.3 Å². The Balaban J connectivity index is 2.01. The minimum Gasteiger partial charge on any atom is -0.478 e. The predicted molar refractivity (Wildman–Crippen MR) is 80.8 cm³/mol. The molecule has 6 nitrogen and oxygen atoms in total. The van der Waals surface area contributed by atoms with E-state index in [0.29, 0.717) is 24.1 Å². The van der Waals surface area contributed by atoms with Gasteiger partial charge in [0.1, 0.15) is 5.69 Å². The molecule has 1 aromatic carbocycles. The first-order valence-electron chi connectivity index (χ1n) is 6.45. The lowest BCUT2D eigenvalue weighted by atomic mass is 10.2. The number of carboxylic acids is 1. The van der Waals surface area contributed by atoms with Crippen molar-refractivity contribution in [2.45, 2.75) is 6.42 Å². The van der Waals surface area contributed by atoms with Crippen molar-refractivity contribution in [3.63, 3.8) is 0 Å². The van der Waals surface area contributed by atoms with Gasteiger partial charge in [-0.3, -0.25) is 4.79 Å². The molecule has 22 heavy (non-hydrogen) atoms. The van der Waals surface area contributed by atoms with Crippen molar-refractivity contribution < 1.29 is 14.7 Å². The third kappa shape index (κ3) is 2.66. The number of nitrogens with zero attached hydrogens (tertiary/aromatic N) is 3. The van der Waals surface area contributed by atoms with E-state index in [1.807, 2.05) is 17.5 Å². The predicted octanol–water partition coefficient (Wildman–Crippen LogP) is 2.43. The lowest BCUT2D eigenvalue weighted by molar-refractivity contribution is 0.0696. The topological polar surface area (TPSA) is 85.1 Å². The van der Waals surface area contributed by atoms with E-state index in [2.05, 4.69) is 10.3 Å². The molecular weight excluding hydrogens is 302 g/mol. The minimum absolute atomic E-state index is 0.194. The number of carboxylic acid groups (broad SMARTS) is 1. The van der Waals surface area contributed by atoms with E-state index in [1.165, 1.54) is 12.1 Å². The average Bonchev–Trinajstić information content (AvgIpc) is 3.17. The summed E-state index contributed by atoms with van der Waals surface area (Å²) in [6.07, 6.45) is 1.22. The molecule has 3 aromatic rings. The first kappa shape index (κ1) is 14.2. The van der Waals surface area contributed by atoms with Crippen LogP contribution >= 0.6 is 11.3 Å². The van der Waals surface area contributed by atoms with Gasteiger partial charge in [0.25, 0.3) is 0 Å². The molecule has 2 heterocycles. The summed E-state index contributed by atoms with van der Waals surface area (Å²) < 4.78 is 1.56. The molecule has 0 fully saturated rings. The molecule has 0 saturated carbocycles. The van der Waals surface area contributed by atoms with E-state index < -0.39 is 5.97 Å². The lowest BCUT2D eigenvalue weighted by Gasteiger charge is -2.06. The second-order valence-electron chi connectivity index (χ2n) is 4.56. The maximum Gasteiger partial charge on any atom is 0.335 e. The van der Waals surface area contributed by atoms with Gasteiger partial charge in [0.2, 0.25) is 0 Å². The number of hydrogen-bond acceptors (Lipinski definition) is 5. The summed E-state index contributed by atoms with van der Waals surface area (Å²) in [6, 6.07) is 10.2. The second kappa shape index (κ2) is 5.90. The SMILES string of the molecule is O=Cc1nnn(-c2ccc(C(=O)O)cc2)c1Cc1cccs1. The Bertz CT molecular complexity index is 807. The highest BCUT2D eigenvalue weighted by Crippen LogP contribution is 2.19. The van der Waals surface area contributed by atoms with Gasteiger partial charge >= 0.3 is 5.97 Å². The van der Waals surface area contributed by atoms with Gasteiger partial charge in [0.15, 0.2) is 6.29 Å². The molecule has 3 rings (SSSR count). The number of carbonyl (C=O) groups is 2. The van der Waals surface area contributed by atoms with Gasteiger partial charge in [-0.05, 0) is 35.7 Å². The molecule has 0 aliphatic carbocycles. The Labute approximate surface area is 129 Å². The zero-order chi connectivity index (χ0) is 15.5. The van der Waals surface area contributed by atoms with Gasteiger partial charge in [-0.25, -0.2) is 9.48 Å². The average molecular weight is 313 g/mol. The van der Waals surface area contributed by atoms with Crippen molar-refractivity contribution in [2.24, 2.45) is 0 Å². The highest BCUT2D eigenvalue weighted by Gasteiger charge is 2.15. The Morgan fingerprint density at radius 1 is 1.27 bits per heavy atom. The molecule has 0 radical (unpaired) electrons. The Morgan fingerprint density at radius 2 is 2.05 bits per heavy atom. The molecule has 2 aromatic heterocycles. The second-order valence-corrected chi connectivity index (χ2v) is 5.59. The largest absolute Gasteiger partial charge is 0.478 e. The highest BCUT2D eigenvalue weighted by molar-refractivity contribution is 7.09. The third-order valence-electron chi connectivity index (χ3n) is 3.19. The molecule has 7 heteroatoms. The zero-order valence-electron chi connectivity index (χ0n) is 11.3. The smallest absolute Gasteiger partial charge is 0.335 e. The highest BCUT2D eigenvalue weighted by atomic mass is 32.1. The maximum absolute atomic E-state index is 11.2. The van der Waals surface area contributed by atoms with Crippen LogP contribution in [0.3, 0.4) is 0 Å². The van der Waals surface area contributed by atoms with Gasteiger partial charge in [-0.2, -0.15) is 0 Å². The molecule has 0 amide bonds. The number of benzene rings is 1. The fraction of sp³-hybridized carbons (Fsp3) is 0.0667. The van der Waals surface area contributed by atoms with Crippen molar-refractivity contribution in [3.05, 3.63) is 63.6 Å². The Morgan fingerprint density at radius 3 is 2.64 bits per heavy atom. The molecule has 110 valence electrons. The van der Waals surface area contributed by atoms with Gasteiger partial charge in [-0.1, -0.05) is 11.3 Å². The summed E-state index contributed by atoms with van der Waals surface area (Å²) in [6.45, 7) is 0.